The highest BCUT2D eigenvalue weighted by Crippen LogP contribution is 2.24. The third-order valence-electron chi connectivity index (χ3n) is 3.35. The van der Waals surface area contributed by atoms with Gasteiger partial charge in [0.2, 0.25) is 5.91 Å². The van der Waals surface area contributed by atoms with Crippen molar-refractivity contribution in [3.8, 4) is 0 Å². The van der Waals surface area contributed by atoms with Crippen LogP contribution in [0.25, 0.3) is 6.08 Å². The SMILES string of the molecule is C=C/C=C\c1ncnc(N2CCN(C(=O)C=C)CC2)c1N. The molecule has 1 aromatic rings. The van der Waals surface area contributed by atoms with Gasteiger partial charge in [-0.1, -0.05) is 25.3 Å². The Morgan fingerprint density at radius 1 is 1.24 bits per heavy atom. The highest BCUT2D eigenvalue weighted by molar-refractivity contribution is 5.87. The van der Waals surface area contributed by atoms with E-state index < -0.39 is 0 Å². The lowest BCUT2D eigenvalue weighted by atomic mass is 10.2. The van der Waals surface area contributed by atoms with E-state index in [2.05, 4.69) is 28.0 Å². The molecule has 0 unspecified atom stereocenters. The summed E-state index contributed by atoms with van der Waals surface area (Å²) in [7, 11) is 0. The molecule has 6 nitrogen and oxygen atoms in total. The zero-order valence-electron chi connectivity index (χ0n) is 11.9. The molecule has 1 saturated heterocycles. The topological polar surface area (TPSA) is 75.4 Å². The molecule has 6 heteroatoms. The minimum Gasteiger partial charge on any atom is -0.394 e. The van der Waals surface area contributed by atoms with E-state index in [1.807, 2.05) is 0 Å². The third kappa shape index (κ3) is 3.28. The Morgan fingerprint density at radius 2 is 1.95 bits per heavy atom. The number of hydrogen-bond acceptors (Lipinski definition) is 5. The van der Waals surface area contributed by atoms with Crippen molar-refractivity contribution >= 4 is 23.5 Å². The number of carbonyl (C=O) groups excluding carboxylic acids is 1. The molecule has 0 aromatic carbocycles. The molecule has 0 aliphatic carbocycles. The number of rotatable bonds is 4. The van der Waals surface area contributed by atoms with Crippen LogP contribution in [0.5, 0.6) is 0 Å². The quantitative estimate of drug-likeness (QED) is 0.662. The molecule has 1 fully saturated rings. The molecule has 1 aliphatic heterocycles. The maximum absolute atomic E-state index is 11.6. The number of carbonyl (C=O) groups is 1. The van der Waals surface area contributed by atoms with Crippen molar-refractivity contribution in [2.75, 3.05) is 36.8 Å². The fraction of sp³-hybridized carbons (Fsp3) is 0.267. The van der Waals surface area contributed by atoms with Gasteiger partial charge in [-0.05, 0) is 12.2 Å². The highest BCUT2D eigenvalue weighted by atomic mass is 16.2. The summed E-state index contributed by atoms with van der Waals surface area (Å²) in [5, 5.41) is 0. The molecule has 21 heavy (non-hydrogen) atoms. The summed E-state index contributed by atoms with van der Waals surface area (Å²) in [5.41, 5.74) is 7.34. The Labute approximate surface area is 124 Å². The zero-order chi connectivity index (χ0) is 15.2. The molecular formula is C15H19N5O. The first kappa shape index (κ1) is 14.8. The summed E-state index contributed by atoms with van der Waals surface area (Å²) in [4.78, 5) is 23.8. The Kier molecular flexibility index (Phi) is 4.71. The van der Waals surface area contributed by atoms with Gasteiger partial charge in [0.05, 0.1) is 5.69 Å². The van der Waals surface area contributed by atoms with Gasteiger partial charge in [-0.2, -0.15) is 0 Å². The zero-order valence-corrected chi connectivity index (χ0v) is 11.9. The summed E-state index contributed by atoms with van der Waals surface area (Å²) in [6.07, 6.45) is 8.08. The van der Waals surface area contributed by atoms with Gasteiger partial charge in [-0.25, -0.2) is 9.97 Å². The fourth-order valence-corrected chi connectivity index (χ4v) is 2.21. The largest absolute Gasteiger partial charge is 0.394 e. The van der Waals surface area contributed by atoms with Gasteiger partial charge >= 0.3 is 0 Å². The Bertz CT molecular complexity index is 573. The number of amides is 1. The van der Waals surface area contributed by atoms with Gasteiger partial charge in [0.1, 0.15) is 12.0 Å². The molecule has 110 valence electrons. The molecule has 0 spiro atoms. The first-order valence-electron chi connectivity index (χ1n) is 6.73. The van der Waals surface area contributed by atoms with Crippen LogP contribution < -0.4 is 10.6 Å². The van der Waals surface area contributed by atoms with E-state index in [1.54, 1.807) is 23.1 Å². The van der Waals surface area contributed by atoms with Crippen LogP contribution in [0.1, 0.15) is 5.69 Å². The normalized spacial score (nSPS) is 15.2. The van der Waals surface area contributed by atoms with Gasteiger partial charge < -0.3 is 15.5 Å². The van der Waals surface area contributed by atoms with Gasteiger partial charge in [-0.3, -0.25) is 4.79 Å². The van der Waals surface area contributed by atoms with Gasteiger partial charge in [0, 0.05) is 26.2 Å². The average molecular weight is 285 g/mol. The lowest BCUT2D eigenvalue weighted by molar-refractivity contribution is -0.126. The molecule has 1 aliphatic rings. The van der Waals surface area contributed by atoms with Crippen LogP contribution in [-0.4, -0.2) is 47.0 Å². The summed E-state index contributed by atoms with van der Waals surface area (Å²) >= 11 is 0. The minimum atomic E-state index is -0.0417. The van der Waals surface area contributed by atoms with Crippen LogP contribution in [0.15, 0.2) is 37.7 Å². The number of piperazine rings is 1. The van der Waals surface area contributed by atoms with E-state index >= 15 is 0 Å². The number of aromatic nitrogens is 2. The number of anilines is 2. The van der Waals surface area contributed by atoms with Crippen LogP contribution in [0.3, 0.4) is 0 Å². The van der Waals surface area contributed by atoms with Crippen molar-refractivity contribution < 1.29 is 4.79 Å². The van der Waals surface area contributed by atoms with E-state index in [-0.39, 0.29) is 5.91 Å². The molecule has 2 N–H and O–H groups in total. The fourth-order valence-electron chi connectivity index (χ4n) is 2.21. The van der Waals surface area contributed by atoms with Crippen molar-refractivity contribution in [3.05, 3.63) is 43.4 Å². The van der Waals surface area contributed by atoms with Crippen LogP contribution >= 0.6 is 0 Å². The monoisotopic (exact) mass is 285 g/mol. The number of nitrogens with two attached hydrogens (primary N) is 1. The third-order valence-corrected chi connectivity index (χ3v) is 3.35. The first-order chi connectivity index (χ1) is 10.2. The van der Waals surface area contributed by atoms with Crippen molar-refractivity contribution in [1.82, 2.24) is 14.9 Å². The predicted molar refractivity (Wildman–Crippen MR) is 84.7 cm³/mol. The summed E-state index contributed by atoms with van der Waals surface area (Å²) in [5.74, 6) is 0.666. The van der Waals surface area contributed by atoms with Crippen LogP contribution in [0, 0.1) is 0 Å². The van der Waals surface area contributed by atoms with Crippen molar-refractivity contribution in [1.29, 1.82) is 0 Å². The Morgan fingerprint density at radius 3 is 2.57 bits per heavy atom. The summed E-state index contributed by atoms with van der Waals surface area (Å²) in [6, 6.07) is 0. The van der Waals surface area contributed by atoms with Crippen LogP contribution in [0.2, 0.25) is 0 Å². The minimum absolute atomic E-state index is 0.0417. The molecule has 2 heterocycles. The number of nitrogens with zero attached hydrogens (tertiary/aromatic N) is 4. The van der Waals surface area contributed by atoms with E-state index in [9.17, 15) is 4.79 Å². The predicted octanol–water partition coefficient (Wildman–Crippen LogP) is 1.09. The lowest BCUT2D eigenvalue weighted by Crippen LogP contribution is -2.48. The van der Waals surface area contributed by atoms with Crippen molar-refractivity contribution in [2.24, 2.45) is 0 Å². The molecule has 0 radical (unpaired) electrons. The molecule has 0 bridgehead atoms. The molecule has 1 aromatic heterocycles. The van der Waals surface area contributed by atoms with Gasteiger partial charge in [-0.15, -0.1) is 0 Å². The number of nitrogen functional groups attached to an aromatic ring is 1. The van der Waals surface area contributed by atoms with Gasteiger partial charge in [0.15, 0.2) is 5.82 Å². The van der Waals surface area contributed by atoms with E-state index in [1.165, 1.54) is 12.4 Å². The maximum Gasteiger partial charge on any atom is 0.246 e. The molecule has 0 saturated carbocycles. The second kappa shape index (κ2) is 6.69. The standard InChI is InChI=1S/C15H19N5O/c1-3-5-6-12-14(16)15(18-11-17-12)20-9-7-19(8-10-20)13(21)4-2/h3-6,11H,1-2,7-10,16H2/b6-5-. The maximum atomic E-state index is 11.6. The first-order valence-corrected chi connectivity index (χ1v) is 6.73. The smallest absolute Gasteiger partial charge is 0.246 e. The molecule has 0 atom stereocenters. The Hall–Kier alpha value is -2.63. The Balaban J connectivity index is 2.13. The van der Waals surface area contributed by atoms with Crippen molar-refractivity contribution in [3.63, 3.8) is 0 Å². The second-order valence-corrected chi connectivity index (χ2v) is 4.61. The van der Waals surface area contributed by atoms with Crippen LogP contribution in [-0.2, 0) is 4.79 Å². The lowest BCUT2D eigenvalue weighted by Gasteiger charge is -2.35. The van der Waals surface area contributed by atoms with E-state index in [4.69, 9.17) is 5.73 Å². The number of hydrogen-bond donors (Lipinski definition) is 1. The second-order valence-electron chi connectivity index (χ2n) is 4.61. The van der Waals surface area contributed by atoms with Crippen molar-refractivity contribution in [2.45, 2.75) is 0 Å². The van der Waals surface area contributed by atoms with E-state index in [0.29, 0.717) is 43.4 Å². The van der Waals surface area contributed by atoms with Crippen LogP contribution in [0.4, 0.5) is 11.5 Å². The molecular weight excluding hydrogens is 266 g/mol. The summed E-state index contributed by atoms with van der Waals surface area (Å²) < 4.78 is 0. The number of allylic oxidation sites excluding steroid dienone is 2. The summed E-state index contributed by atoms with van der Waals surface area (Å²) in [6.45, 7) is 9.76. The highest BCUT2D eigenvalue weighted by Gasteiger charge is 2.22. The molecule has 2 rings (SSSR count). The van der Waals surface area contributed by atoms with Gasteiger partial charge in [0.25, 0.3) is 0 Å². The average Bonchev–Trinajstić information content (AvgIpc) is 2.53. The van der Waals surface area contributed by atoms with E-state index in [0.717, 1.165) is 0 Å². The molecule has 1 amide bonds.